The van der Waals surface area contributed by atoms with Gasteiger partial charge < -0.3 is 5.11 Å². The Labute approximate surface area is 196 Å². The molecule has 1 fully saturated rings. The molecular weight excluding hydrogens is 492 g/mol. The van der Waals surface area contributed by atoms with E-state index in [9.17, 15) is 18.3 Å². The first kappa shape index (κ1) is 22.7. The summed E-state index contributed by atoms with van der Waals surface area (Å²) < 4.78 is 29.0. The number of rotatable bonds is 6. The maximum absolute atomic E-state index is 13.8. The summed E-state index contributed by atoms with van der Waals surface area (Å²) in [6, 6.07) is 15.1. The van der Waals surface area contributed by atoms with Crippen molar-refractivity contribution in [3.8, 4) is 5.88 Å². The number of hydrogen-bond acceptors (Lipinski definition) is 5. The van der Waals surface area contributed by atoms with Crippen molar-refractivity contribution in [3.05, 3.63) is 80.8 Å². The van der Waals surface area contributed by atoms with Gasteiger partial charge >= 0.3 is 0 Å². The standard InChI is InChI=1S/C24H25BrN2O4S/c1-2-20(16-8-4-3-5-9-16)27-22(17-10-6-7-11-17)26-23(28)21(24(27)29)32(30,31)19-14-12-18(25)13-15-19/h3-5,8-9,12-15,17,20,28H,2,6-7,10-11H2,1H3. The lowest BCUT2D eigenvalue weighted by atomic mass is 10.0. The van der Waals surface area contributed by atoms with Crippen molar-refractivity contribution < 1.29 is 13.5 Å². The molecule has 1 atom stereocenters. The molecule has 1 aliphatic carbocycles. The summed E-state index contributed by atoms with van der Waals surface area (Å²) in [5, 5.41) is 10.7. The Morgan fingerprint density at radius 3 is 2.31 bits per heavy atom. The van der Waals surface area contributed by atoms with E-state index in [4.69, 9.17) is 0 Å². The van der Waals surface area contributed by atoms with E-state index in [0.717, 1.165) is 31.2 Å². The van der Waals surface area contributed by atoms with Gasteiger partial charge in [0, 0.05) is 10.4 Å². The molecule has 1 aliphatic rings. The third-order valence-electron chi connectivity index (χ3n) is 6.08. The third-order valence-corrected chi connectivity index (χ3v) is 8.40. The molecule has 0 radical (unpaired) electrons. The summed E-state index contributed by atoms with van der Waals surface area (Å²) in [6.07, 6.45) is 4.32. The number of aromatic hydroxyl groups is 1. The number of hydrogen-bond donors (Lipinski definition) is 1. The van der Waals surface area contributed by atoms with E-state index >= 15 is 0 Å². The second-order valence-electron chi connectivity index (χ2n) is 8.07. The number of aromatic nitrogens is 2. The minimum absolute atomic E-state index is 0.01000. The first-order chi connectivity index (χ1) is 15.3. The highest BCUT2D eigenvalue weighted by atomic mass is 79.9. The van der Waals surface area contributed by atoms with Crippen LogP contribution in [0.15, 0.2) is 73.7 Å². The van der Waals surface area contributed by atoms with Crippen LogP contribution in [0.4, 0.5) is 0 Å². The molecule has 4 rings (SSSR count). The molecule has 32 heavy (non-hydrogen) atoms. The Kier molecular flexibility index (Phi) is 6.53. The van der Waals surface area contributed by atoms with E-state index in [0.29, 0.717) is 16.7 Å². The van der Waals surface area contributed by atoms with Gasteiger partial charge in [-0.25, -0.2) is 8.42 Å². The Hall–Kier alpha value is -2.45. The van der Waals surface area contributed by atoms with E-state index in [1.807, 2.05) is 37.3 Å². The van der Waals surface area contributed by atoms with Gasteiger partial charge in [0.15, 0.2) is 4.90 Å². The van der Waals surface area contributed by atoms with Crippen LogP contribution >= 0.6 is 15.9 Å². The van der Waals surface area contributed by atoms with Crippen molar-refractivity contribution >= 4 is 25.8 Å². The second kappa shape index (κ2) is 9.19. The zero-order valence-corrected chi connectivity index (χ0v) is 20.1. The maximum atomic E-state index is 13.8. The Balaban J connectivity index is 1.98. The SMILES string of the molecule is CCC(c1ccccc1)n1c(C2CCCC2)nc(O)c(S(=O)(=O)c2ccc(Br)cc2)c1=O. The average Bonchev–Trinajstić information content (AvgIpc) is 3.31. The molecule has 8 heteroatoms. The van der Waals surface area contributed by atoms with Crippen molar-refractivity contribution in [2.75, 3.05) is 0 Å². The smallest absolute Gasteiger partial charge is 0.277 e. The molecule has 2 aromatic carbocycles. The molecule has 1 saturated carbocycles. The predicted molar refractivity (Wildman–Crippen MR) is 126 cm³/mol. The molecule has 168 valence electrons. The molecule has 6 nitrogen and oxygen atoms in total. The van der Waals surface area contributed by atoms with Gasteiger partial charge in [0.1, 0.15) is 5.82 Å². The predicted octanol–water partition coefficient (Wildman–Crippen LogP) is 5.20. The second-order valence-corrected chi connectivity index (χ2v) is 10.9. The molecule has 1 aromatic heterocycles. The molecule has 0 saturated heterocycles. The van der Waals surface area contributed by atoms with E-state index in [1.165, 1.54) is 16.7 Å². The molecule has 0 aliphatic heterocycles. The highest BCUT2D eigenvalue weighted by molar-refractivity contribution is 9.10. The van der Waals surface area contributed by atoms with Crippen molar-refractivity contribution in [1.82, 2.24) is 9.55 Å². The van der Waals surface area contributed by atoms with Gasteiger partial charge in [0.2, 0.25) is 15.7 Å². The van der Waals surface area contributed by atoms with Crippen LogP contribution in [0.1, 0.15) is 62.4 Å². The minimum Gasteiger partial charge on any atom is -0.492 e. The zero-order chi connectivity index (χ0) is 22.9. The topological polar surface area (TPSA) is 89.3 Å². The molecule has 0 amide bonds. The first-order valence-electron chi connectivity index (χ1n) is 10.8. The molecule has 0 spiro atoms. The lowest BCUT2D eigenvalue weighted by Crippen LogP contribution is -2.34. The Morgan fingerprint density at radius 1 is 1.09 bits per heavy atom. The fourth-order valence-corrected chi connectivity index (χ4v) is 6.11. The van der Waals surface area contributed by atoms with Crippen LogP contribution in [0.25, 0.3) is 0 Å². The molecule has 0 bridgehead atoms. The van der Waals surface area contributed by atoms with Crippen LogP contribution in [-0.4, -0.2) is 23.1 Å². The minimum atomic E-state index is -4.27. The third kappa shape index (κ3) is 4.13. The Morgan fingerprint density at radius 2 is 1.72 bits per heavy atom. The van der Waals surface area contributed by atoms with Gasteiger partial charge in [0.25, 0.3) is 5.56 Å². The molecule has 1 N–H and O–H groups in total. The fourth-order valence-electron chi connectivity index (χ4n) is 4.50. The summed E-state index contributed by atoms with van der Waals surface area (Å²) in [6.45, 7) is 1.96. The van der Waals surface area contributed by atoms with Gasteiger partial charge in [-0.2, -0.15) is 4.98 Å². The normalized spacial score (nSPS) is 15.7. The van der Waals surface area contributed by atoms with Gasteiger partial charge in [-0.05, 0) is 49.1 Å². The Bertz CT molecular complexity index is 1270. The van der Waals surface area contributed by atoms with Gasteiger partial charge in [0.05, 0.1) is 10.9 Å². The highest BCUT2D eigenvalue weighted by Gasteiger charge is 2.34. The van der Waals surface area contributed by atoms with Crippen molar-refractivity contribution in [1.29, 1.82) is 0 Å². The van der Waals surface area contributed by atoms with Crippen LogP contribution in [0.3, 0.4) is 0 Å². The van der Waals surface area contributed by atoms with E-state index in [-0.39, 0.29) is 16.9 Å². The average molecular weight is 517 g/mol. The van der Waals surface area contributed by atoms with Crippen molar-refractivity contribution in [2.45, 2.75) is 60.8 Å². The fraction of sp³-hybridized carbons (Fsp3) is 0.333. The van der Waals surface area contributed by atoms with Crippen LogP contribution in [-0.2, 0) is 9.84 Å². The summed E-state index contributed by atoms with van der Waals surface area (Å²) in [5.41, 5.74) is 0.175. The number of sulfone groups is 1. The summed E-state index contributed by atoms with van der Waals surface area (Å²) in [4.78, 5) is 17.4. The summed E-state index contributed by atoms with van der Waals surface area (Å²) >= 11 is 3.29. The number of benzene rings is 2. The quantitative estimate of drug-likeness (QED) is 0.486. The van der Waals surface area contributed by atoms with Crippen LogP contribution in [0, 0.1) is 0 Å². The van der Waals surface area contributed by atoms with Crippen LogP contribution in [0.2, 0.25) is 0 Å². The summed E-state index contributed by atoms with van der Waals surface area (Å²) in [5.74, 6) is -0.245. The van der Waals surface area contributed by atoms with Crippen molar-refractivity contribution in [3.63, 3.8) is 0 Å². The monoisotopic (exact) mass is 516 g/mol. The molecular formula is C24H25BrN2O4S. The first-order valence-corrected chi connectivity index (χ1v) is 13.0. The van der Waals surface area contributed by atoms with E-state index < -0.39 is 26.2 Å². The lowest BCUT2D eigenvalue weighted by molar-refractivity contribution is 0.399. The summed E-state index contributed by atoms with van der Waals surface area (Å²) in [7, 11) is -4.27. The van der Waals surface area contributed by atoms with E-state index in [2.05, 4.69) is 20.9 Å². The molecule has 1 unspecified atom stereocenters. The van der Waals surface area contributed by atoms with Gasteiger partial charge in [-0.15, -0.1) is 0 Å². The number of halogens is 1. The maximum Gasteiger partial charge on any atom is 0.277 e. The van der Waals surface area contributed by atoms with Gasteiger partial charge in [-0.1, -0.05) is 66.0 Å². The van der Waals surface area contributed by atoms with Crippen LogP contribution < -0.4 is 5.56 Å². The van der Waals surface area contributed by atoms with Crippen LogP contribution in [0.5, 0.6) is 5.88 Å². The number of nitrogens with zero attached hydrogens (tertiary/aromatic N) is 2. The van der Waals surface area contributed by atoms with Crippen molar-refractivity contribution in [2.24, 2.45) is 0 Å². The zero-order valence-electron chi connectivity index (χ0n) is 17.7. The lowest BCUT2D eigenvalue weighted by Gasteiger charge is -2.25. The van der Waals surface area contributed by atoms with Gasteiger partial charge in [-0.3, -0.25) is 9.36 Å². The highest BCUT2D eigenvalue weighted by Crippen LogP contribution is 2.37. The largest absolute Gasteiger partial charge is 0.492 e. The van der Waals surface area contributed by atoms with E-state index in [1.54, 1.807) is 12.1 Å². The molecule has 3 aromatic rings. The molecule has 1 heterocycles.